The van der Waals surface area contributed by atoms with Crippen molar-refractivity contribution in [3.63, 3.8) is 0 Å². The fourth-order valence-electron chi connectivity index (χ4n) is 1.17. The predicted octanol–water partition coefficient (Wildman–Crippen LogP) is 2.56. The van der Waals surface area contributed by atoms with Crippen LogP contribution in [0.2, 0.25) is 0 Å². The molecule has 0 amide bonds. The zero-order valence-electron chi connectivity index (χ0n) is 6.81. The summed E-state index contributed by atoms with van der Waals surface area (Å²) in [5.74, 6) is 0.381. The minimum Gasteiger partial charge on any atom is -0.211 e. The summed E-state index contributed by atoms with van der Waals surface area (Å²) in [6.45, 7) is 0. The molecule has 0 saturated carbocycles. The summed E-state index contributed by atoms with van der Waals surface area (Å²) >= 11 is 0. The smallest absolute Gasteiger partial charge is 0.211 e. The summed E-state index contributed by atoms with van der Waals surface area (Å²) in [7, 11) is 0. The lowest BCUT2D eigenvalue weighted by atomic mass is 10.1. The lowest BCUT2D eigenvalue weighted by Gasteiger charge is -1.90. The van der Waals surface area contributed by atoms with E-state index in [1.807, 2.05) is 30.3 Å². The molecule has 0 radical (unpaired) electrons. The van der Waals surface area contributed by atoms with Gasteiger partial charge in [-0.25, -0.2) is 9.97 Å². The third kappa shape index (κ3) is 1.27. The van der Waals surface area contributed by atoms with E-state index < -0.39 is 0 Å². The fourth-order valence-corrected chi connectivity index (χ4v) is 1.17. The molecule has 1 N–H and O–H groups in total. The van der Waals surface area contributed by atoms with Crippen molar-refractivity contribution in [2.24, 2.45) is 0 Å². The van der Waals surface area contributed by atoms with Gasteiger partial charge >= 0.3 is 5.82 Å². The molecule has 4 heteroatoms. The average molecular weight is 171 g/mol. The molecular weight excluding hydrogens is 164 g/mol. The number of diazo groups is 1. The molecule has 1 heterocycles. The summed E-state index contributed by atoms with van der Waals surface area (Å²) in [6, 6.07) is 9.55. The largest absolute Gasteiger partial charge is 0.449 e. The van der Waals surface area contributed by atoms with Gasteiger partial charge in [0.05, 0.1) is 5.39 Å². The molecule has 2 aromatic rings. The average Bonchev–Trinajstić information content (AvgIpc) is 2.67. The second-order valence-corrected chi connectivity index (χ2v) is 2.57. The van der Waals surface area contributed by atoms with Crippen LogP contribution in [0.4, 0.5) is 5.82 Å². The Morgan fingerprint density at radius 1 is 1.23 bits per heavy atom. The van der Waals surface area contributed by atoms with Gasteiger partial charge in [-0.1, -0.05) is 30.3 Å². The van der Waals surface area contributed by atoms with Crippen molar-refractivity contribution in [2.75, 3.05) is 0 Å². The first-order valence-corrected chi connectivity index (χ1v) is 3.85. The molecule has 0 spiro atoms. The molecule has 0 atom stereocenters. The van der Waals surface area contributed by atoms with E-state index in [0.29, 0.717) is 11.5 Å². The minimum absolute atomic E-state index is 0.381. The van der Waals surface area contributed by atoms with Crippen molar-refractivity contribution in [3.05, 3.63) is 41.6 Å². The zero-order valence-corrected chi connectivity index (χ0v) is 6.81. The molecule has 0 fully saturated rings. The van der Waals surface area contributed by atoms with E-state index in [2.05, 4.69) is 14.9 Å². The van der Waals surface area contributed by atoms with Gasteiger partial charge in [0.2, 0.25) is 0 Å². The maximum Gasteiger partial charge on any atom is 0.449 e. The molecular formula is C9H7N4+. The maximum absolute atomic E-state index is 8.62. The normalized spacial score (nSPS) is 9.46. The van der Waals surface area contributed by atoms with E-state index in [-0.39, 0.29) is 0 Å². The summed E-state index contributed by atoms with van der Waals surface area (Å²) in [5, 5.41) is 8.62. The van der Waals surface area contributed by atoms with Gasteiger partial charge < -0.3 is 0 Å². The van der Waals surface area contributed by atoms with Crippen LogP contribution in [-0.2, 0) is 0 Å². The number of imidazole rings is 1. The lowest BCUT2D eigenvalue weighted by Crippen LogP contribution is -1.75. The Morgan fingerprint density at radius 3 is 2.69 bits per heavy atom. The van der Waals surface area contributed by atoms with Crippen LogP contribution in [0.1, 0.15) is 0 Å². The number of hydrogen-bond acceptors (Lipinski definition) is 2. The van der Waals surface area contributed by atoms with E-state index in [1.54, 1.807) is 0 Å². The van der Waals surface area contributed by atoms with Crippen LogP contribution in [0.3, 0.4) is 0 Å². The van der Waals surface area contributed by atoms with Crippen molar-refractivity contribution < 1.29 is 0 Å². The first-order valence-electron chi connectivity index (χ1n) is 3.85. The number of hydrogen-bond donors (Lipinski definition) is 1. The van der Waals surface area contributed by atoms with Gasteiger partial charge in [-0.2, -0.15) is 0 Å². The van der Waals surface area contributed by atoms with Gasteiger partial charge in [-0.3, -0.25) is 0 Å². The maximum atomic E-state index is 8.62. The zero-order chi connectivity index (χ0) is 9.10. The number of aromatic nitrogens is 2. The Balaban J connectivity index is 2.54. The second-order valence-electron chi connectivity index (χ2n) is 2.57. The molecule has 13 heavy (non-hydrogen) atoms. The van der Waals surface area contributed by atoms with E-state index in [0.717, 1.165) is 5.56 Å². The van der Waals surface area contributed by atoms with Crippen molar-refractivity contribution in [3.8, 4) is 11.3 Å². The van der Waals surface area contributed by atoms with Crippen LogP contribution in [0.25, 0.3) is 16.2 Å². The molecule has 0 unspecified atom stereocenters. The van der Waals surface area contributed by atoms with Crippen molar-refractivity contribution in [1.82, 2.24) is 9.97 Å². The van der Waals surface area contributed by atoms with Crippen molar-refractivity contribution in [1.29, 1.82) is 5.39 Å². The van der Waals surface area contributed by atoms with E-state index >= 15 is 0 Å². The van der Waals surface area contributed by atoms with Crippen LogP contribution in [-0.4, -0.2) is 9.97 Å². The highest BCUT2D eigenvalue weighted by atomic mass is 15.0. The summed E-state index contributed by atoms with van der Waals surface area (Å²) in [5.41, 5.74) is 1.58. The fraction of sp³-hybridized carbons (Fsp3) is 0. The van der Waals surface area contributed by atoms with Gasteiger partial charge in [-0.15, -0.1) is 0 Å². The lowest BCUT2D eigenvalue weighted by molar-refractivity contribution is 1.31. The molecule has 0 aliphatic heterocycles. The Bertz CT molecular complexity index is 438. The Kier molecular flexibility index (Phi) is 1.77. The summed E-state index contributed by atoms with van der Waals surface area (Å²) in [6.07, 6.45) is 1.50. The van der Waals surface area contributed by atoms with Crippen LogP contribution in [0.5, 0.6) is 0 Å². The van der Waals surface area contributed by atoms with Crippen molar-refractivity contribution >= 4 is 5.82 Å². The quantitative estimate of drug-likeness (QED) is 0.670. The van der Waals surface area contributed by atoms with Crippen LogP contribution in [0.15, 0.2) is 36.7 Å². The van der Waals surface area contributed by atoms with Gasteiger partial charge in [0.1, 0.15) is 0 Å². The first-order chi connectivity index (χ1) is 6.42. The number of benzene rings is 1. The van der Waals surface area contributed by atoms with E-state index in [1.165, 1.54) is 6.33 Å². The molecule has 0 bridgehead atoms. The standard InChI is InChI=1S/C9H7N4/c10-13-9-8(11-6-12-9)7-4-2-1-3-5-7/h1-6H,(H,11,12)/q+1. The van der Waals surface area contributed by atoms with Crippen LogP contribution in [0, 0.1) is 5.39 Å². The highest BCUT2D eigenvalue weighted by Gasteiger charge is 2.15. The molecule has 0 aliphatic carbocycles. The van der Waals surface area contributed by atoms with Gasteiger partial charge in [0.25, 0.3) is 0 Å². The summed E-state index contributed by atoms with van der Waals surface area (Å²) in [4.78, 5) is 9.86. The molecule has 1 aromatic carbocycles. The number of nitrogens with zero attached hydrogens (tertiary/aromatic N) is 3. The Hall–Kier alpha value is -2.15. The monoisotopic (exact) mass is 171 g/mol. The van der Waals surface area contributed by atoms with Gasteiger partial charge in [0, 0.05) is 10.5 Å². The van der Waals surface area contributed by atoms with Crippen LogP contribution >= 0.6 is 0 Å². The number of rotatable bonds is 1. The SMILES string of the molecule is N#[N+]c1[nH]cnc1-c1ccccc1. The molecule has 0 saturated heterocycles. The molecule has 2 rings (SSSR count). The Labute approximate surface area is 74.9 Å². The van der Waals surface area contributed by atoms with Gasteiger partial charge in [-0.05, 0) is 0 Å². The minimum atomic E-state index is 0.381. The predicted molar refractivity (Wildman–Crippen MR) is 48.8 cm³/mol. The highest BCUT2D eigenvalue weighted by Crippen LogP contribution is 2.25. The third-order valence-electron chi connectivity index (χ3n) is 1.77. The van der Waals surface area contributed by atoms with Gasteiger partial charge in [0.15, 0.2) is 12.0 Å². The first kappa shape index (κ1) is 7.50. The van der Waals surface area contributed by atoms with E-state index in [4.69, 9.17) is 5.39 Å². The third-order valence-corrected chi connectivity index (χ3v) is 1.77. The van der Waals surface area contributed by atoms with Crippen molar-refractivity contribution in [2.45, 2.75) is 0 Å². The Morgan fingerprint density at radius 2 is 2.00 bits per heavy atom. The molecule has 0 aliphatic rings. The molecule has 1 aromatic heterocycles. The summed E-state index contributed by atoms with van der Waals surface area (Å²) < 4.78 is 0. The van der Waals surface area contributed by atoms with Crippen LogP contribution < -0.4 is 0 Å². The topological polar surface area (TPSA) is 56.8 Å². The molecule has 62 valence electrons. The number of aromatic amines is 1. The number of nitrogens with one attached hydrogen (secondary N) is 1. The number of H-pyrrole nitrogens is 1. The second kappa shape index (κ2) is 3.07. The van der Waals surface area contributed by atoms with E-state index in [9.17, 15) is 0 Å². The highest BCUT2D eigenvalue weighted by molar-refractivity contribution is 5.71. The molecule has 4 nitrogen and oxygen atoms in total.